The zero-order valence-electron chi connectivity index (χ0n) is 11.0. The zero-order chi connectivity index (χ0) is 13.0. The van der Waals surface area contributed by atoms with Gasteiger partial charge in [0, 0.05) is 44.6 Å². The lowest BCUT2D eigenvalue weighted by molar-refractivity contribution is 0.135. The van der Waals surface area contributed by atoms with E-state index in [0.717, 1.165) is 43.4 Å². The lowest BCUT2D eigenvalue weighted by atomic mass is 10.3. The van der Waals surface area contributed by atoms with Crippen molar-refractivity contribution in [2.45, 2.75) is 20.4 Å². The van der Waals surface area contributed by atoms with Crippen LogP contribution in [0.15, 0.2) is 5.38 Å². The van der Waals surface area contributed by atoms with Crippen LogP contribution in [-0.2, 0) is 6.54 Å². The average Bonchev–Trinajstić information content (AvgIpc) is 2.76. The number of thiazole rings is 1. The van der Waals surface area contributed by atoms with E-state index in [-0.39, 0.29) is 6.03 Å². The van der Waals surface area contributed by atoms with Crippen molar-refractivity contribution in [3.63, 3.8) is 0 Å². The molecule has 5 nitrogen and oxygen atoms in total. The Morgan fingerprint density at radius 2 is 2.17 bits per heavy atom. The molecule has 100 valence electrons. The first-order valence-corrected chi connectivity index (χ1v) is 7.23. The minimum Gasteiger partial charge on any atom is -0.338 e. The van der Waals surface area contributed by atoms with Crippen LogP contribution in [0, 0.1) is 6.92 Å². The molecule has 0 radical (unpaired) electrons. The number of piperazine rings is 1. The summed E-state index contributed by atoms with van der Waals surface area (Å²) in [6.07, 6.45) is 0. The van der Waals surface area contributed by atoms with Crippen molar-refractivity contribution in [1.29, 1.82) is 0 Å². The maximum absolute atomic E-state index is 11.7. The average molecular weight is 268 g/mol. The van der Waals surface area contributed by atoms with E-state index in [1.807, 2.05) is 18.7 Å². The van der Waals surface area contributed by atoms with Crippen LogP contribution in [0.5, 0.6) is 0 Å². The topological polar surface area (TPSA) is 48.5 Å². The standard InChI is InChI=1S/C12H20N4OS/c1-3-13-12(17)16-6-4-15(5-7-16)8-11-9-18-10(2)14-11/h9H,3-8H2,1-2H3,(H,13,17). The van der Waals surface area contributed by atoms with E-state index >= 15 is 0 Å². The third-order valence-electron chi connectivity index (χ3n) is 3.04. The number of hydrogen-bond acceptors (Lipinski definition) is 4. The lowest BCUT2D eigenvalue weighted by Crippen LogP contribution is -2.51. The molecule has 1 aromatic heterocycles. The molecule has 2 rings (SSSR count). The van der Waals surface area contributed by atoms with Crippen molar-refractivity contribution in [1.82, 2.24) is 20.1 Å². The zero-order valence-corrected chi connectivity index (χ0v) is 11.8. The highest BCUT2D eigenvalue weighted by Gasteiger charge is 2.20. The summed E-state index contributed by atoms with van der Waals surface area (Å²) in [5.74, 6) is 0. The number of carbonyl (C=O) groups excluding carboxylic acids is 1. The molecule has 18 heavy (non-hydrogen) atoms. The quantitative estimate of drug-likeness (QED) is 0.899. The molecule has 0 bridgehead atoms. The van der Waals surface area contributed by atoms with Gasteiger partial charge in [0.15, 0.2) is 0 Å². The summed E-state index contributed by atoms with van der Waals surface area (Å²) in [6, 6.07) is 0.0571. The van der Waals surface area contributed by atoms with Crippen molar-refractivity contribution >= 4 is 17.4 Å². The Kier molecular flexibility index (Phi) is 4.54. The number of urea groups is 1. The summed E-state index contributed by atoms with van der Waals surface area (Å²) in [6.45, 7) is 9.01. The van der Waals surface area contributed by atoms with Gasteiger partial charge in [0.1, 0.15) is 0 Å². The monoisotopic (exact) mass is 268 g/mol. The number of rotatable bonds is 3. The molecule has 1 aliphatic heterocycles. The molecule has 0 atom stereocenters. The van der Waals surface area contributed by atoms with Gasteiger partial charge in [-0.05, 0) is 13.8 Å². The number of aromatic nitrogens is 1. The normalized spacial score (nSPS) is 16.9. The van der Waals surface area contributed by atoms with Crippen LogP contribution in [-0.4, -0.2) is 53.5 Å². The Balaban J connectivity index is 1.78. The minimum absolute atomic E-state index is 0.0571. The van der Waals surface area contributed by atoms with E-state index in [4.69, 9.17) is 0 Å². The fourth-order valence-electron chi connectivity index (χ4n) is 2.08. The van der Waals surface area contributed by atoms with Crippen LogP contribution in [0.4, 0.5) is 4.79 Å². The summed E-state index contributed by atoms with van der Waals surface area (Å²) >= 11 is 1.69. The minimum atomic E-state index is 0.0571. The van der Waals surface area contributed by atoms with Crippen LogP contribution in [0.3, 0.4) is 0 Å². The molecule has 0 spiro atoms. The van der Waals surface area contributed by atoms with Gasteiger partial charge in [-0.3, -0.25) is 4.90 Å². The van der Waals surface area contributed by atoms with Gasteiger partial charge < -0.3 is 10.2 Å². The molecule has 0 aliphatic carbocycles. The molecule has 1 fully saturated rings. The summed E-state index contributed by atoms with van der Waals surface area (Å²) in [5, 5.41) is 6.07. The van der Waals surface area contributed by atoms with Crippen LogP contribution in [0.1, 0.15) is 17.6 Å². The van der Waals surface area contributed by atoms with Gasteiger partial charge in [0.25, 0.3) is 0 Å². The van der Waals surface area contributed by atoms with Crippen molar-refractivity contribution in [3.8, 4) is 0 Å². The number of amides is 2. The summed E-state index contributed by atoms with van der Waals surface area (Å²) < 4.78 is 0. The molecule has 1 N–H and O–H groups in total. The van der Waals surface area contributed by atoms with Gasteiger partial charge in [0.2, 0.25) is 0 Å². The van der Waals surface area contributed by atoms with E-state index in [1.54, 1.807) is 11.3 Å². The highest BCUT2D eigenvalue weighted by atomic mass is 32.1. The second kappa shape index (κ2) is 6.15. The number of hydrogen-bond donors (Lipinski definition) is 1. The highest BCUT2D eigenvalue weighted by Crippen LogP contribution is 2.12. The second-order valence-electron chi connectivity index (χ2n) is 4.46. The maximum atomic E-state index is 11.7. The predicted octanol–water partition coefficient (Wildman–Crippen LogP) is 1.30. The SMILES string of the molecule is CCNC(=O)N1CCN(Cc2csc(C)n2)CC1. The van der Waals surface area contributed by atoms with Gasteiger partial charge in [-0.1, -0.05) is 0 Å². The molecule has 1 aliphatic rings. The van der Waals surface area contributed by atoms with Gasteiger partial charge >= 0.3 is 6.03 Å². The number of nitrogens with zero attached hydrogens (tertiary/aromatic N) is 3. The largest absolute Gasteiger partial charge is 0.338 e. The molecular formula is C12H20N4OS. The fraction of sp³-hybridized carbons (Fsp3) is 0.667. The molecule has 0 saturated carbocycles. The first kappa shape index (κ1) is 13.3. The van der Waals surface area contributed by atoms with E-state index in [2.05, 4.69) is 20.6 Å². The van der Waals surface area contributed by atoms with Crippen LogP contribution in [0.2, 0.25) is 0 Å². The van der Waals surface area contributed by atoms with E-state index in [9.17, 15) is 4.79 Å². The van der Waals surface area contributed by atoms with Crippen LogP contribution < -0.4 is 5.32 Å². The van der Waals surface area contributed by atoms with Gasteiger partial charge in [-0.15, -0.1) is 11.3 Å². The number of nitrogens with one attached hydrogen (secondary N) is 1. The third-order valence-corrected chi connectivity index (χ3v) is 3.86. The molecule has 2 heterocycles. The van der Waals surface area contributed by atoms with Crippen molar-refractivity contribution < 1.29 is 4.79 Å². The van der Waals surface area contributed by atoms with Crippen LogP contribution in [0.25, 0.3) is 0 Å². The summed E-state index contributed by atoms with van der Waals surface area (Å²) in [4.78, 5) is 20.4. The maximum Gasteiger partial charge on any atom is 0.317 e. The number of aryl methyl sites for hydroxylation is 1. The van der Waals surface area contributed by atoms with E-state index in [1.165, 1.54) is 0 Å². The van der Waals surface area contributed by atoms with Gasteiger partial charge in [-0.2, -0.15) is 0 Å². The first-order chi connectivity index (χ1) is 8.69. The predicted molar refractivity (Wildman–Crippen MR) is 72.8 cm³/mol. The first-order valence-electron chi connectivity index (χ1n) is 6.35. The Bertz CT molecular complexity index is 399. The summed E-state index contributed by atoms with van der Waals surface area (Å²) in [7, 11) is 0. The van der Waals surface area contributed by atoms with Crippen LogP contribution >= 0.6 is 11.3 Å². The Morgan fingerprint density at radius 1 is 1.44 bits per heavy atom. The molecular weight excluding hydrogens is 248 g/mol. The Morgan fingerprint density at radius 3 is 2.72 bits per heavy atom. The second-order valence-corrected chi connectivity index (χ2v) is 5.52. The Labute approximate surface area is 112 Å². The molecule has 0 aromatic carbocycles. The van der Waals surface area contributed by atoms with Gasteiger partial charge in [0.05, 0.1) is 10.7 Å². The highest BCUT2D eigenvalue weighted by molar-refractivity contribution is 7.09. The van der Waals surface area contributed by atoms with Crippen molar-refractivity contribution in [2.75, 3.05) is 32.7 Å². The van der Waals surface area contributed by atoms with Crippen molar-refractivity contribution in [3.05, 3.63) is 16.1 Å². The fourth-order valence-corrected chi connectivity index (χ4v) is 2.69. The summed E-state index contributed by atoms with van der Waals surface area (Å²) in [5.41, 5.74) is 1.14. The lowest BCUT2D eigenvalue weighted by Gasteiger charge is -2.34. The molecule has 1 saturated heterocycles. The smallest absolute Gasteiger partial charge is 0.317 e. The van der Waals surface area contributed by atoms with E-state index < -0.39 is 0 Å². The molecule has 0 unspecified atom stereocenters. The molecule has 6 heteroatoms. The van der Waals surface area contributed by atoms with Gasteiger partial charge in [-0.25, -0.2) is 9.78 Å². The third kappa shape index (κ3) is 3.43. The van der Waals surface area contributed by atoms with Crippen molar-refractivity contribution in [2.24, 2.45) is 0 Å². The molecule has 2 amide bonds. The Hall–Kier alpha value is -1.14. The van der Waals surface area contributed by atoms with E-state index in [0.29, 0.717) is 6.54 Å². The molecule has 1 aromatic rings. The number of carbonyl (C=O) groups is 1.